The molecule has 132 valence electrons. The van der Waals surface area contributed by atoms with Crippen LogP contribution in [0, 0.1) is 17.5 Å². The average Bonchev–Trinajstić information content (AvgIpc) is 2.49. The van der Waals surface area contributed by atoms with Gasteiger partial charge in [-0.2, -0.15) is 0 Å². The van der Waals surface area contributed by atoms with E-state index in [9.17, 15) is 13.2 Å². The Kier molecular flexibility index (Phi) is 8.83. The molecule has 0 aliphatic rings. The monoisotopic (exact) mass is 350 g/mol. The fourth-order valence-corrected chi connectivity index (χ4v) is 5.10. The second-order valence-corrected chi connectivity index (χ2v) is 7.78. The van der Waals surface area contributed by atoms with Crippen LogP contribution >= 0.6 is 0 Å². The molecule has 7 heteroatoms. The summed E-state index contributed by atoms with van der Waals surface area (Å²) >= 11 is 0. The fraction of sp³-hybridized carbons (Fsp3) is 0.625. The molecule has 0 amide bonds. The van der Waals surface area contributed by atoms with Gasteiger partial charge in [0, 0.05) is 31.9 Å². The van der Waals surface area contributed by atoms with Crippen LogP contribution in [0.1, 0.15) is 39.2 Å². The molecule has 0 N–H and O–H groups in total. The SMILES string of the molecule is CCO[Si](CCCCc1cc(F)c(F)cc1F)(OCC)OCC. The van der Waals surface area contributed by atoms with E-state index in [2.05, 4.69) is 0 Å². The van der Waals surface area contributed by atoms with Crippen molar-refractivity contribution in [3.63, 3.8) is 0 Å². The molecule has 0 aromatic heterocycles. The van der Waals surface area contributed by atoms with Gasteiger partial charge in [0.15, 0.2) is 11.6 Å². The molecule has 1 aromatic rings. The van der Waals surface area contributed by atoms with Crippen LogP contribution in [0.25, 0.3) is 0 Å². The summed E-state index contributed by atoms with van der Waals surface area (Å²) < 4.78 is 56.8. The predicted molar refractivity (Wildman–Crippen MR) is 84.7 cm³/mol. The summed E-state index contributed by atoms with van der Waals surface area (Å²) in [7, 11) is -2.69. The minimum Gasteiger partial charge on any atom is -0.374 e. The first-order valence-corrected chi connectivity index (χ1v) is 9.96. The van der Waals surface area contributed by atoms with Gasteiger partial charge >= 0.3 is 8.80 Å². The van der Waals surface area contributed by atoms with Crippen molar-refractivity contribution >= 4 is 8.80 Å². The average molecular weight is 350 g/mol. The van der Waals surface area contributed by atoms with Crippen LogP contribution in [-0.2, 0) is 19.7 Å². The van der Waals surface area contributed by atoms with Gasteiger partial charge in [0.25, 0.3) is 0 Å². The third kappa shape index (κ3) is 6.25. The maximum atomic E-state index is 13.6. The topological polar surface area (TPSA) is 27.7 Å². The summed E-state index contributed by atoms with van der Waals surface area (Å²) in [5.41, 5.74) is 0.181. The number of hydrogen-bond donors (Lipinski definition) is 0. The molecule has 0 aliphatic carbocycles. The van der Waals surface area contributed by atoms with Crippen LogP contribution in [0.15, 0.2) is 12.1 Å². The molecule has 0 fully saturated rings. The van der Waals surface area contributed by atoms with E-state index < -0.39 is 26.3 Å². The summed E-state index contributed by atoms with van der Waals surface area (Å²) in [6, 6.07) is 2.13. The van der Waals surface area contributed by atoms with Gasteiger partial charge < -0.3 is 13.3 Å². The molecule has 0 radical (unpaired) electrons. The standard InChI is InChI=1S/C16H25F3O3Si/c1-4-20-23(21-5-2,22-6-3)10-8-7-9-13-11-15(18)16(19)12-14(13)17/h11-12H,4-10H2,1-3H3. The van der Waals surface area contributed by atoms with Crippen molar-refractivity contribution in [2.75, 3.05) is 19.8 Å². The lowest BCUT2D eigenvalue weighted by Gasteiger charge is -2.28. The molecule has 0 spiro atoms. The molecule has 23 heavy (non-hydrogen) atoms. The van der Waals surface area contributed by atoms with Gasteiger partial charge in [-0.1, -0.05) is 0 Å². The highest BCUT2D eigenvalue weighted by atomic mass is 28.4. The van der Waals surface area contributed by atoms with Crippen LogP contribution in [-0.4, -0.2) is 28.6 Å². The Morgan fingerprint density at radius 2 is 1.30 bits per heavy atom. The van der Waals surface area contributed by atoms with E-state index in [0.717, 1.165) is 6.07 Å². The molecule has 0 unspecified atom stereocenters. The molecule has 0 aliphatic heterocycles. The molecule has 1 rings (SSSR count). The molecule has 0 saturated carbocycles. The quantitative estimate of drug-likeness (QED) is 0.335. The molecule has 3 nitrogen and oxygen atoms in total. The van der Waals surface area contributed by atoms with Gasteiger partial charge in [0.1, 0.15) is 5.82 Å². The first-order valence-electron chi connectivity index (χ1n) is 8.03. The van der Waals surface area contributed by atoms with Crippen molar-refractivity contribution in [1.82, 2.24) is 0 Å². The molecule has 0 atom stereocenters. The third-order valence-electron chi connectivity index (χ3n) is 3.36. The zero-order valence-electron chi connectivity index (χ0n) is 14.0. The zero-order valence-corrected chi connectivity index (χ0v) is 15.0. The minimum atomic E-state index is -2.69. The van der Waals surface area contributed by atoms with Crippen molar-refractivity contribution in [3.8, 4) is 0 Å². The maximum Gasteiger partial charge on any atom is 0.500 e. The Labute approximate surface area is 137 Å². The number of halogens is 3. The Hall–Kier alpha value is -0.893. The number of hydrogen-bond acceptors (Lipinski definition) is 3. The molecule has 0 saturated heterocycles. The van der Waals surface area contributed by atoms with Gasteiger partial charge in [-0.15, -0.1) is 0 Å². The van der Waals surface area contributed by atoms with Gasteiger partial charge in [0.2, 0.25) is 0 Å². The lowest BCUT2D eigenvalue weighted by Crippen LogP contribution is -2.45. The molecular formula is C16H25F3O3Si. The second kappa shape index (κ2) is 10.1. The largest absolute Gasteiger partial charge is 0.500 e. The van der Waals surface area contributed by atoms with Crippen LogP contribution in [0.4, 0.5) is 13.2 Å². The Bertz CT molecular complexity index is 469. The van der Waals surface area contributed by atoms with E-state index in [1.807, 2.05) is 20.8 Å². The van der Waals surface area contributed by atoms with Crippen LogP contribution < -0.4 is 0 Å². The Morgan fingerprint density at radius 3 is 1.83 bits per heavy atom. The van der Waals surface area contributed by atoms with Crippen molar-refractivity contribution < 1.29 is 26.4 Å². The third-order valence-corrected chi connectivity index (χ3v) is 6.51. The Morgan fingerprint density at radius 1 is 0.783 bits per heavy atom. The normalized spacial score (nSPS) is 11.9. The van der Waals surface area contributed by atoms with E-state index in [1.54, 1.807) is 0 Å². The first-order chi connectivity index (χ1) is 11.0. The summed E-state index contributed by atoms with van der Waals surface area (Å²) in [5, 5.41) is 0. The first kappa shape index (κ1) is 20.2. The van der Waals surface area contributed by atoms with Crippen LogP contribution in [0.2, 0.25) is 6.04 Å². The van der Waals surface area contributed by atoms with E-state index >= 15 is 0 Å². The van der Waals surface area contributed by atoms with E-state index in [0.29, 0.717) is 51.2 Å². The van der Waals surface area contributed by atoms with E-state index in [1.165, 1.54) is 0 Å². The van der Waals surface area contributed by atoms with Crippen molar-refractivity contribution in [2.24, 2.45) is 0 Å². The van der Waals surface area contributed by atoms with Gasteiger partial charge in [0.05, 0.1) is 0 Å². The van der Waals surface area contributed by atoms with E-state index in [-0.39, 0.29) is 5.56 Å². The van der Waals surface area contributed by atoms with E-state index in [4.69, 9.17) is 13.3 Å². The number of benzene rings is 1. The van der Waals surface area contributed by atoms with Crippen molar-refractivity contribution in [1.29, 1.82) is 0 Å². The Balaban J connectivity index is 2.58. The maximum absolute atomic E-state index is 13.6. The molecule has 1 aromatic carbocycles. The lowest BCUT2D eigenvalue weighted by molar-refractivity contribution is 0.0707. The van der Waals surface area contributed by atoms with Crippen molar-refractivity contribution in [2.45, 2.75) is 46.1 Å². The fourth-order valence-electron chi connectivity index (χ4n) is 2.41. The molecule has 0 bridgehead atoms. The highest BCUT2D eigenvalue weighted by Gasteiger charge is 2.39. The molecule has 0 heterocycles. The van der Waals surface area contributed by atoms with Crippen LogP contribution in [0.3, 0.4) is 0 Å². The number of aryl methyl sites for hydroxylation is 1. The van der Waals surface area contributed by atoms with Crippen molar-refractivity contribution in [3.05, 3.63) is 35.1 Å². The highest BCUT2D eigenvalue weighted by Crippen LogP contribution is 2.21. The van der Waals surface area contributed by atoms with Gasteiger partial charge in [-0.3, -0.25) is 0 Å². The molecular weight excluding hydrogens is 325 g/mol. The van der Waals surface area contributed by atoms with Crippen LogP contribution in [0.5, 0.6) is 0 Å². The predicted octanol–water partition coefficient (Wildman–Crippen LogP) is 4.48. The summed E-state index contributed by atoms with van der Waals surface area (Å²) in [6.07, 6.45) is 1.65. The number of rotatable bonds is 11. The summed E-state index contributed by atoms with van der Waals surface area (Å²) in [5.74, 6) is -2.91. The number of unbranched alkanes of at least 4 members (excludes halogenated alkanes) is 1. The second-order valence-electron chi connectivity index (χ2n) is 5.05. The lowest BCUT2D eigenvalue weighted by atomic mass is 10.1. The zero-order chi connectivity index (χ0) is 17.3. The highest BCUT2D eigenvalue weighted by molar-refractivity contribution is 6.60. The smallest absolute Gasteiger partial charge is 0.374 e. The summed E-state index contributed by atoms with van der Waals surface area (Å²) in [4.78, 5) is 0. The van der Waals surface area contributed by atoms with Gasteiger partial charge in [-0.25, -0.2) is 13.2 Å². The minimum absolute atomic E-state index is 0.181. The summed E-state index contributed by atoms with van der Waals surface area (Å²) in [6.45, 7) is 7.17. The van der Waals surface area contributed by atoms with Gasteiger partial charge in [-0.05, 0) is 51.7 Å².